The van der Waals surface area contributed by atoms with Crippen molar-refractivity contribution in [2.45, 2.75) is 60.0 Å². The van der Waals surface area contributed by atoms with Crippen molar-refractivity contribution in [1.29, 1.82) is 0 Å². The Morgan fingerprint density at radius 2 is 1.70 bits per heavy atom. The number of rotatable bonds is 3. The molecule has 0 heterocycles. The lowest BCUT2D eigenvalue weighted by Crippen LogP contribution is -2.44. The number of nitrogens with two attached hydrogens (primary N) is 1. The van der Waals surface area contributed by atoms with Gasteiger partial charge in [-0.1, -0.05) is 31.5 Å². The second-order valence-corrected chi connectivity index (χ2v) is 7.51. The van der Waals surface area contributed by atoms with Gasteiger partial charge < -0.3 is 10.8 Å². The highest BCUT2D eigenvalue weighted by atomic mass is 16.3. The molecule has 0 saturated heterocycles. The fourth-order valence-corrected chi connectivity index (χ4v) is 3.99. The summed E-state index contributed by atoms with van der Waals surface area (Å²) < 4.78 is 0. The van der Waals surface area contributed by atoms with Crippen molar-refractivity contribution in [3.8, 4) is 0 Å². The van der Waals surface area contributed by atoms with E-state index in [1.54, 1.807) is 0 Å². The highest BCUT2D eigenvalue weighted by Crippen LogP contribution is 2.50. The Morgan fingerprint density at radius 1 is 1.15 bits per heavy atom. The first-order valence-corrected chi connectivity index (χ1v) is 7.67. The molecule has 1 aromatic rings. The van der Waals surface area contributed by atoms with Crippen LogP contribution >= 0.6 is 0 Å². The Kier molecular flexibility index (Phi) is 4.01. The third kappa shape index (κ3) is 2.51. The highest BCUT2D eigenvalue weighted by molar-refractivity contribution is 5.38. The van der Waals surface area contributed by atoms with E-state index in [1.807, 2.05) is 0 Å². The lowest BCUT2D eigenvalue weighted by molar-refractivity contribution is -0.00476. The zero-order valence-corrected chi connectivity index (χ0v) is 13.6. The smallest absolute Gasteiger partial charge is 0.0662 e. The molecule has 2 nitrogen and oxygen atoms in total. The Labute approximate surface area is 123 Å². The third-order valence-corrected chi connectivity index (χ3v) is 5.36. The molecule has 1 fully saturated rings. The maximum Gasteiger partial charge on any atom is 0.0662 e. The van der Waals surface area contributed by atoms with Crippen LogP contribution in [0.2, 0.25) is 0 Å². The summed E-state index contributed by atoms with van der Waals surface area (Å²) in [6.45, 7) is 11.4. The van der Waals surface area contributed by atoms with Gasteiger partial charge in [0.15, 0.2) is 0 Å². The molecule has 0 bridgehead atoms. The van der Waals surface area contributed by atoms with Gasteiger partial charge in [0.1, 0.15) is 0 Å². The van der Waals surface area contributed by atoms with E-state index in [-0.39, 0.29) is 16.9 Å². The van der Waals surface area contributed by atoms with Crippen LogP contribution in [0.1, 0.15) is 48.9 Å². The lowest BCUT2D eigenvalue weighted by Gasteiger charge is -2.37. The van der Waals surface area contributed by atoms with E-state index in [0.717, 1.165) is 19.3 Å². The molecular weight excluding hydrogens is 246 g/mol. The molecule has 1 aromatic carbocycles. The number of hydrogen-bond donors (Lipinski definition) is 2. The predicted molar refractivity (Wildman–Crippen MR) is 84.9 cm³/mol. The predicted octanol–water partition coefficient (Wildman–Crippen LogP) is 3.28. The van der Waals surface area contributed by atoms with Gasteiger partial charge in [-0.15, -0.1) is 0 Å². The Hall–Kier alpha value is -0.860. The molecule has 0 aliphatic heterocycles. The Bertz CT molecular complexity index is 483. The summed E-state index contributed by atoms with van der Waals surface area (Å²) in [4.78, 5) is 0. The summed E-state index contributed by atoms with van der Waals surface area (Å²) in [5.41, 5.74) is 11.2. The first-order valence-electron chi connectivity index (χ1n) is 7.67. The van der Waals surface area contributed by atoms with Crippen molar-refractivity contribution in [1.82, 2.24) is 0 Å². The van der Waals surface area contributed by atoms with Gasteiger partial charge in [0.25, 0.3) is 0 Å². The SMILES string of the molecule is Cc1cc(C)c(CC2(CN)CCC(C)(C)C2O)c(C)c1. The van der Waals surface area contributed by atoms with Crippen molar-refractivity contribution in [3.05, 3.63) is 34.4 Å². The molecule has 2 heteroatoms. The van der Waals surface area contributed by atoms with Gasteiger partial charge >= 0.3 is 0 Å². The number of aliphatic hydroxyl groups excluding tert-OH is 1. The van der Waals surface area contributed by atoms with Gasteiger partial charge in [0, 0.05) is 12.0 Å². The highest BCUT2D eigenvalue weighted by Gasteiger charge is 2.51. The average molecular weight is 275 g/mol. The quantitative estimate of drug-likeness (QED) is 0.889. The van der Waals surface area contributed by atoms with Gasteiger partial charge in [-0.3, -0.25) is 0 Å². The van der Waals surface area contributed by atoms with Crippen LogP contribution in [0.4, 0.5) is 0 Å². The fraction of sp³-hybridized carbons (Fsp3) is 0.667. The van der Waals surface area contributed by atoms with Gasteiger partial charge in [-0.25, -0.2) is 0 Å². The topological polar surface area (TPSA) is 46.2 Å². The molecule has 0 spiro atoms. The zero-order valence-electron chi connectivity index (χ0n) is 13.6. The minimum absolute atomic E-state index is 0.0219. The van der Waals surface area contributed by atoms with Crippen molar-refractivity contribution < 1.29 is 5.11 Å². The van der Waals surface area contributed by atoms with Crippen molar-refractivity contribution in [2.75, 3.05) is 6.54 Å². The lowest BCUT2D eigenvalue weighted by atomic mass is 9.73. The van der Waals surface area contributed by atoms with Crippen LogP contribution in [0.25, 0.3) is 0 Å². The molecule has 2 atom stereocenters. The van der Waals surface area contributed by atoms with E-state index in [1.165, 1.54) is 22.3 Å². The molecule has 0 amide bonds. The van der Waals surface area contributed by atoms with Crippen LogP contribution in [0.3, 0.4) is 0 Å². The second kappa shape index (κ2) is 5.16. The maximum absolute atomic E-state index is 10.8. The molecule has 2 unspecified atom stereocenters. The average Bonchev–Trinajstić information content (AvgIpc) is 2.58. The molecule has 20 heavy (non-hydrogen) atoms. The first kappa shape index (κ1) is 15.5. The summed E-state index contributed by atoms with van der Waals surface area (Å²) >= 11 is 0. The maximum atomic E-state index is 10.8. The summed E-state index contributed by atoms with van der Waals surface area (Å²) in [6.07, 6.45) is 2.64. The zero-order chi connectivity index (χ0) is 15.1. The molecule has 1 saturated carbocycles. The van der Waals surface area contributed by atoms with E-state index < -0.39 is 0 Å². The first-order chi connectivity index (χ1) is 9.22. The number of hydrogen-bond acceptors (Lipinski definition) is 2. The van der Waals surface area contributed by atoms with E-state index >= 15 is 0 Å². The van der Waals surface area contributed by atoms with Crippen LogP contribution in [0.5, 0.6) is 0 Å². The summed E-state index contributed by atoms with van der Waals surface area (Å²) in [7, 11) is 0. The van der Waals surface area contributed by atoms with Crippen LogP contribution in [0.15, 0.2) is 12.1 Å². The van der Waals surface area contributed by atoms with Crippen LogP contribution < -0.4 is 5.73 Å². The Morgan fingerprint density at radius 3 is 2.10 bits per heavy atom. The number of aliphatic hydroxyl groups is 1. The molecular formula is C18H29NO. The van der Waals surface area contributed by atoms with Gasteiger partial charge in [0.2, 0.25) is 0 Å². The van der Waals surface area contributed by atoms with Crippen LogP contribution in [-0.2, 0) is 6.42 Å². The van der Waals surface area contributed by atoms with Crippen molar-refractivity contribution >= 4 is 0 Å². The Balaban J connectivity index is 2.37. The molecule has 0 aromatic heterocycles. The van der Waals surface area contributed by atoms with E-state index in [4.69, 9.17) is 5.73 Å². The molecule has 1 aliphatic rings. The molecule has 2 rings (SSSR count). The van der Waals surface area contributed by atoms with E-state index in [2.05, 4.69) is 46.8 Å². The normalized spacial score (nSPS) is 28.9. The van der Waals surface area contributed by atoms with Crippen molar-refractivity contribution in [3.63, 3.8) is 0 Å². The largest absolute Gasteiger partial charge is 0.392 e. The summed E-state index contributed by atoms with van der Waals surface area (Å²) in [6, 6.07) is 4.47. The molecule has 1 aliphatic carbocycles. The minimum atomic E-state index is -0.319. The fourth-order valence-electron chi connectivity index (χ4n) is 3.99. The van der Waals surface area contributed by atoms with E-state index in [9.17, 15) is 5.11 Å². The van der Waals surface area contributed by atoms with Gasteiger partial charge in [-0.05, 0) is 62.1 Å². The van der Waals surface area contributed by atoms with Crippen LogP contribution in [-0.4, -0.2) is 17.8 Å². The van der Waals surface area contributed by atoms with E-state index in [0.29, 0.717) is 6.54 Å². The third-order valence-electron chi connectivity index (χ3n) is 5.36. The standard InChI is InChI=1S/C18H29NO/c1-12-8-13(2)15(14(3)9-12)10-18(11-19)7-6-17(4,5)16(18)20/h8-9,16,20H,6-7,10-11,19H2,1-5H3. The molecule has 3 N–H and O–H groups in total. The summed E-state index contributed by atoms with van der Waals surface area (Å²) in [5.74, 6) is 0. The minimum Gasteiger partial charge on any atom is -0.392 e. The van der Waals surface area contributed by atoms with Crippen LogP contribution in [0, 0.1) is 31.6 Å². The molecule has 0 radical (unpaired) electrons. The summed E-state index contributed by atoms with van der Waals surface area (Å²) in [5, 5.41) is 10.8. The number of benzene rings is 1. The molecule has 112 valence electrons. The van der Waals surface area contributed by atoms with Crippen molar-refractivity contribution in [2.24, 2.45) is 16.6 Å². The second-order valence-electron chi connectivity index (χ2n) is 7.51. The number of aryl methyl sites for hydroxylation is 3. The van der Waals surface area contributed by atoms with Gasteiger partial charge in [0.05, 0.1) is 6.10 Å². The monoisotopic (exact) mass is 275 g/mol. The van der Waals surface area contributed by atoms with Gasteiger partial charge in [-0.2, -0.15) is 0 Å².